The van der Waals surface area contributed by atoms with Gasteiger partial charge in [-0.25, -0.2) is 9.59 Å². The van der Waals surface area contributed by atoms with Crippen LogP contribution in [0.1, 0.15) is 36.7 Å². The zero-order chi connectivity index (χ0) is 18.6. The van der Waals surface area contributed by atoms with Gasteiger partial charge in [0.15, 0.2) is 0 Å². The molecule has 0 aromatic heterocycles. The summed E-state index contributed by atoms with van der Waals surface area (Å²) >= 11 is 0. The van der Waals surface area contributed by atoms with E-state index < -0.39 is 11.6 Å². The van der Waals surface area contributed by atoms with Crippen molar-refractivity contribution in [3.63, 3.8) is 0 Å². The zero-order valence-electron chi connectivity index (χ0n) is 14.8. The third kappa shape index (κ3) is 5.48. The number of carboxylic acids is 1. The summed E-state index contributed by atoms with van der Waals surface area (Å²) in [7, 11) is 0. The SMILES string of the molecule is CC(C)(C)OC(=O)N1CCN(C(=O)Cc2ccc(C(=O)O)cc2)CC1. The molecule has 1 fully saturated rings. The fourth-order valence-corrected chi connectivity index (χ4v) is 2.52. The Hall–Kier alpha value is -2.57. The Morgan fingerprint density at radius 2 is 1.52 bits per heavy atom. The van der Waals surface area contributed by atoms with Gasteiger partial charge >= 0.3 is 12.1 Å². The number of hydrogen-bond donors (Lipinski definition) is 1. The Bertz CT molecular complexity index is 640. The molecule has 0 unspecified atom stereocenters. The minimum atomic E-state index is -0.990. The number of hydrogen-bond acceptors (Lipinski definition) is 4. The summed E-state index contributed by atoms with van der Waals surface area (Å²) in [5.74, 6) is -1.02. The van der Waals surface area contributed by atoms with Crippen LogP contribution in [-0.2, 0) is 16.0 Å². The number of aromatic carboxylic acids is 1. The van der Waals surface area contributed by atoms with E-state index in [1.165, 1.54) is 12.1 Å². The predicted octanol–water partition coefficient (Wildman–Crippen LogP) is 2.01. The van der Waals surface area contributed by atoms with Crippen molar-refractivity contribution in [1.29, 1.82) is 0 Å². The molecule has 7 nitrogen and oxygen atoms in total. The first kappa shape index (κ1) is 18.8. The van der Waals surface area contributed by atoms with Crippen molar-refractivity contribution in [2.24, 2.45) is 0 Å². The maximum atomic E-state index is 12.4. The van der Waals surface area contributed by atoms with Crippen molar-refractivity contribution in [1.82, 2.24) is 9.80 Å². The summed E-state index contributed by atoms with van der Waals surface area (Å²) in [5.41, 5.74) is 0.429. The summed E-state index contributed by atoms with van der Waals surface area (Å²) in [4.78, 5) is 38.5. The molecule has 1 aromatic rings. The van der Waals surface area contributed by atoms with E-state index >= 15 is 0 Å². The van der Waals surface area contributed by atoms with Gasteiger partial charge in [-0.15, -0.1) is 0 Å². The Labute approximate surface area is 147 Å². The summed E-state index contributed by atoms with van der Waals surface area (Å²) < 4.78 is 5.33. The van der Waals surface area contributed by atoms with E-state index in [0.717, 1.165) is 5.56 Å². The quantitative estimate of drug-likeness (QED) is 0.903. The van der Waals surface area contributed by atoms with Gasteiger partial charge in [0, 0.05) is 26.2 Å². The number of ether oxygens (including phenoxy) is 1. The Balaban J connectivity index is 1.84. The number of benzene rings is 1. The Morgan fingerprint density at radius 1 is 1.00 bits per heavy atom. The monoisotopic (exact) mass is 348 g/mol. The van der Waals surface area contributed by atoms with Crippen LogP contribution in [0.4, 0.5) is 4.79 Å². The van der Waals surface area contributed by atoms with Crippen LogP contribution in [0, 0.1) is 0 Å². The molecule has 1 N–H and O–H groups in total. The lowest BCUT2D eigenvalue weighted by atomic mass is 10.1. The molecule has 136 valence electrons. The Morgan fingerprint density at radius 3 is 2.00 bits per heavy atom. The molecule has 2 rings (SSSR count). The van der Waals surface area contributed by atoms with Crippen LogP contribution < -0.4 is 0 Å². The maximum Gasteiger partial charge on any atom is 0.410 e. The number of carbonyl (C=O) groups is 3. The molecule has 0 radical (unpaired) electrons. The van der Waals surface area contributed by atoms with Crippen molar-refractivity contribution in [3.8, 4) is 0 Å². The number of carbonyl (C=O) groups excluding carboxylic acids is 2. The predicted molar refractivity (Wildman–Crippen MR) is 91.5 cm³/mol. The molecule has 1 aliphatic heterocycles. The highest BCUT2D eigenvalue weighted by atomic mass is 16.6. The molecule has 1 saturated heterocycles. The van der Waals surface area contributed by atoms with E-state index in [1.807, 2.05) is 20.8 Å². The lowest BCUT2D eigenvalue weighted by Gasteiger charge is -2.35. The van der Waals surface area contributed by atoms with Crippen LogP contribution in [-0.4, -0.2) is 64.7 Å². The molecular formula is C18H24N2O5. The van der Waals surface area contributed by atoms with Crippen molar-refractivity contribution >= 4 is 18.0 Å². The molecule has 1 aromatic carbocycles. The lowest BCUT2D eigenvalue weighted by Crippen LogP contribution is -2.51. The van der Waals surface area contributed by atoms with Gasteiger partial charge in [-0.05, 0) is 38.5 Å². The second-order valence-corrected chi connectivity index (χ2v) is 7.03. The van der Waals surface area contributed by atoms with Crippen molar-refractivity contribution < 1.29 is 24.2 Å². The summed E-state index contributed by atoms with van der Waals surface area (Å²) in [6, 6.07) is 6.29. The molecular weight excluding hydrogens is 324 g/mol. The molecule has 1 aliphatic rings. The molecule has 1 heterocycles. The normalized spacial score (nSPS) is 15.0. The van der Waals surface area contributed by atoms with Gasteiger partial charge in [-0.2, -0.15) is 0 Å². The van der Waals surface area contributed by atoms with Crippen LogP contribution in [0.2, 0.25) is 0 Å². The third-order valence-electron chi connectivity index (χ3n) is 3.84. The third-order valence-corrected chi connectivity index (χ3v) is 3.84. The van der Waals surface area contributed by atoms with E-state index in [-0.39, 0.29) is 24.0 Å². The number of nitrogens with zero attached hydrogens (tertiary/aromatic N) is 2. The number of amides is 2. The first-order valence-electron chi connectivity index (χ1n) is 8.23. The average Bonchev–Trinajstić information content (AvgIpc) is 2.54. The van der Waals surface area contributed by atoms with Gasteiger partial charge < -0.3 is 19.6 Å². The fraction of sp³-hybridized carbons (Fsp3) is 0.500. The maximum absolute atomic E-state index is 12.4. The standard InChI is InChI=1S/C18H24N2O5/c1-18(2,3)25-17(24)20-10-8-19(9-11-20)15(21)12-13-4-6-14(7-5-13)16(22)23/h4-7H,8-12H2,1-3H3,(H,22,23). The minimum absolute atomic E-state index is 0.0353. The fourth-order valence-electron chi connectivity index (χ4n) is 2.52. The van der Waals surface area contributed by atoms with Gasteiger partial charge in [-0.1, -0.05) is 12.1 Å². The van der Waals surface area contributed by atoms with E-state index in [4.69, 9.17) is 9.84 Å². The molecule has 0 spiro atoms. The van der Waals surface area contributed by atoms with Gasteiger partial charge in [0.1, 0.15) is 5.60 Å². The Kier molecular flexibility index (Phi) is 5.66. The molecule has 7 heteroatoms. The van der Waals surface area contributed by atoms with Crippen molar-refractivity contribution in [2.45, 2.75) is 32.8 Å². The van der Waals surface area contributed by atoms with E-state index in [1.54, 1.807) is 21.9 Å². The van der Waals surface area contributed by atoms with E-state index in [2.05, 4.69) is 0 Å². The van der Waals surface area contributed by atoms with Gasteiger partial charge in [0.2, 0.25) is 5.91 Å². The van der Waals surface area contributed by atoms with Gasteiger partial charge in [0.05, 0.1) is 12.0 Å². The number of piperazine rings is 1. The van der Waals surface area contributed by atoms with Crippen LogP contribution in [0.3, 0.4) is 0 Å². The lowest BCUT2D eigenvalue weighted by molar-refractivity contribution is -0.132. The molecule has 2 amide bonds. The first-order chi connectivity index (χ1) is 11.7. The van der Waals surface area contributed by atoms with Crippen LogP contribution >= 0.6 is 0 Å². The highest BCUT2D eigenvalue weighted by Gasteiger charge is 2.27. The number of carboxylic acid groups (broad SMARTS) is 1. The summed E-state index contributed by atoms with van der Waals surface area (Å²) in [6.45, 7) is 7.27. The van der Waals surface area contributed by atoms with Crippen molar-refractivity contribution in [3.05, 3.63) is 35.4 Å². The molecule has 0 aliphatic carbocycles. The largest absolute Gasteiger partial charge is 0.478 e. The zero-order valence-corrected chi connectivity index (χ0v) is 14.8. The van der Waals surface area contributed by atoms with E-state index in [9.17, 15) is 14.4 Å². The smallest absolute Gasteiger partial charge is 0.410 e. The molecule has 0 saturated carbocycles. The average molecular weight is 348 g/mol. The minimum Gasteiger partial charge on any atom is -0.478 e. The van der Waals surface area contributed by atoms with Gasteiger partial charge in [-0.3, -0.25) is 4.79 Å². The summed E-state index contributed by atoms with van der Waals surface area (Å²) in [6.07, 6.45) is -0.143. The molecule has 0 atom stereocenters. The summed E-state index contributed by atoms with van der Waals surface area (Å²) in [5, 5.41) is 8.88. The highest BCUT2D eigenvalue weighted by molar-refractivity contribution is 5.87. The van der Waals surface area contributed by atoms with Crippen LogP contribution in [0.25, 0.3) is 0 Å². The topological polar surface area (TPSA) is 87.2 Å². The second kappa shape index (κ2) is 7.55. The van der Waals surface area contributed by atoms with Crippen LogP contribution in [0.5, 0.6) is 0 Å². The molecule has 0 bridgehead atoms. The van der Waals surface area contributed by atoms with Gasteiger partial charge in [0.25, 0.3) is 0 Å². The first-order valence-corrected chi connectivity index (χ1v) is 8.23. The highest BCUT2D eigenvalue weighted by Crippen LogP contribution is 2.13. The molecule has 25 heavy (non-hydrogen) atoms. The van der Waals surface area contributed by atoms with Crippen LogP contribution in [0.15, 0.2) is 24.3 Å². The number of rotatable bonds is 3. The van der Waals surface area contributed by atoms with E-state index in [0.29, 0.717) is 26.2 Å². The van der Waals surface area contributed by atoms with Crippen molar-refractivity contribution in [2.75, 3.05) is 26.2 Å². The second-order valence-electron chi connectivity index (χ2n) is 7.03.